The molecule has 0 radical (unpaired) electrons. The Balaban J connectivity index is 1.49. The Kier molecular flexibility index (Phi) is 6.92. The second-order valence-corrected chi connectivity index (χ2v) is 5.21. The van der Waals surface area contributed by atoms with Gasteiger partial charge in [-0.05, 0) is 37.6 Å². The molecule has 2 rings (SSSR count). The van der Waals surface area contributed by atoms with Crippen LogP contribution in [0, 0.1) is 5.82 Å². The fourth-order valence-electron chi connectivity index (χ4n) is 2.36. The quantitative estimate of drug-likeness (QED) is 0.672. The number of ether oxygens (including phenoxy) is 3. The second-order valence-electron chi connectivity index (χ2n) is 5.21. The molecule has 4 nitrogen and oxygen atoms in total. The van der Waals surface area contributed by atoms with Crippen molar-refractivity contribution in [3.63, 3.8) is 0 Å². The van der Waals surface area contributed by atoms with E-state index in [1.54, 1.807) is 19.2 Å². The van der Waals surface area contributed by atoms with Gasteiger partial charge in [-0.3, -0.25) is 0 Å². The molecular weight excluding hydrogens is 273 g/mol. The first-order chi connectivity index (χ1) is 10.3. The Labute approximate surface area is 125 Å². The maximum absolute atomic E-state index is 13.1. The van der Waals surface area contributed by atoms with Crippen LogP contribution >= 0.6 is 0 Å². The molecule has 1 aliphatic rings. The van der Waals surface area contributed by atoms with Gasteiger partial charge in [0.05, 0.1) is 13.2 Å². The normalized spacial score (nSPS) is 16.8. The van der Waals surface area contributed by atoms with Crippen LogP contribution in [0.2, 0.25) is 0 Å². The third-order valence-electron chi connectivity index (χ3n) is 3.46. The zero-order valence-corrected chi connectivity index (χ0v) is 12.6. The largest absolute Gasteiger partial charge is 0.488 e. The van der Waals surface area contributed by atoms with E-state index >= 15 is 0 Å². The van der Waals surface area contributed by atoms with Gasteiger partial charge >= 0.3 is 0 Å². The summed E-state index contributed by atoms with van der Waals surface area (Å²) in [6.07, 6.45) is 2.99. The first-order valence-corrected chi connectivity index (χ1v) is 7.52. The van der Waals surface area contributed by atoms with Crippen LogP contribution < -0.4 is 10.1 Å². The number of methoxy groups -OCH3 is 1. The second kappa shape index (κ2) is 8.97. The molecule has 1 N–H and O–H groups in total. The molecule has 1 heterocycles. The first-order valence-electron chi connectivity index (χ1n) is 7.52. The molecule has 0 fully saturated rings. The van der Waals surface area contributed by atoms with Gasteiger partial charge in [0.2, 0.25) is 0 Å². The van der Waals surface area contributed by atoms with E-state index in [-0.39, 0.29) is 11.9 Å². The van der Waals surface area contributed by atoms with Crippen LogP contribution in [0.3, 0.4) is 0 Å². The summed E-state index contributed by atoms with van der Waals surface area (Å²) in [5, 5.41) is 3.38. The van der Waals surface area contributed by atoms with Crippen molar-refractivity contribution in [3.05, 3.63) is 29.6 Å². The lowest BCUT2D eigenvalue weighted by Gasteiger charge is -2.11. The van der Waals surface area contributed by atoms with Crippen molar-refractivity contribution < 1.29 is 18.6 Å². The molecule has 0 saturated heterocycles. The van der Waals surface area contributed by atoms with Crippen LogP contribution in [-0.4, -0.2) is 46.1 Å². The molecule has 5 heteroatoms. The average Bonchev–Trinajstić information content (AvgIpc) is 2.87. The van der Waals surface area contributed by atoms with Crippen LogP contribution in [0.5, 0.6) is 5.75 Å². The van der Waals surface area contributed by atoms with E-state index in [1.165, 1.54) is 6.07 Å². The van der Waals surface area contributed by atoms with Crippen molar-refractivity contribution in [3.8, 4) is 5.75 Å². The van der Waals surface area contributed by atoms with Crippen LogP contribution in [0.4, 0.5) is 4.39 Å². The van der Waals surface area contributed by atoms with E-state index in [1.807, 2.05) is 0 Å². The highest BCUT2D eigenvalue weighted by atomic mass is 19.1. The predicted molar refractivity (Wildman–Crippen MR) is 79.3 cm³/mol. The van der Waals surface area contributed by atoms with Gasteiger partial charge in [0.25, 0.3) is 0 Å². The monoisotopic (exact) mass is 297 g/mol. The SMILES string of the molecule is COCCOCCCCNCC1Cc2cc(F)ccc2O1. The Morgan fingerprint density at radius 3 is 3.05 bits per heavy atom. The van der Waals surface area contributed by atoms with E-state index in [0.717, 1.165) is 50.3 Å². The Morgan fingerprint density at radius 1 is 1.29 bits per heavy atom. The highest BCUT2D eigenvalue weighted by molar-refractivity contribution is 5.37. The number of nitrogens with one attached hydrogen (secondary N) is 1. The fourth-order valence-corrected chi connectivity index (χ4v) is 2.36. The average molecular weight is 297 g/mol. The maximum Gasteiger partial charge on any atom is 0.123 e. The maximum atomic E-state index is 13.1. The van der Waals surface area contributed by atoms with Crippen LogP contribution in [0.15, 0.2) is 18.2 Å². The van der Waals surface area contributed by atoms with Gasteiger partial charge in [-0.15, -0.1) is 0 Å². The van der Waals surface area contributed by atoms with Gasteiger partial charge < -0.3 is 19.5 Å². The van der Waals surface area contributed by atoms with Gasteiger partial charge in [0, 0.05) is 32.2 Å². The lowest BCUT2D eigenvalue weighted by Crippen LogP contribution is -2.30. The number of unbranched alkanes of at least 4 members (excludes halogenated alkanes) is 1. The summed E-state index contributed by atoms with van der Waals surface area (Å²) in [4.78, 5) is 0. The molecule has 0 aliphatic carbocycles. The molecule has 0 bridgehead atoms. The zero-order valence-electron chi connectivity index (χ0n) is 12.6. The van der Waals surface area contributed by atoms with E-state index < -0.39 is 0 Å². The molecule has 1 aliphatic heterocycles. The van der Waals surface area contributed by atoms with Crippen LogP contribution in [-0.2, 0) is 15.9 Å². The standard InChI is InChI=1S/C16H24FNO3/c1-19-8-9-20-7-3-2-6-18-12-15-11-13-10-14(17)4-5-16(13)21-15/h4-5,10,15,18H,2-3,6-9,11-12H2,1H3. The minimum absolute atomic E-state index is 0.111. The molecule has 21 heavy (non-hydrogen) atoms. The van der Waals surface area contributed by atoms with Crippen molar-refractivity contribution >= 4 is 0 Å². The highest BCUT2D eigenvalue weighted by Crippen LogP contribution is 2.28. The Bertz CT molecular complexity index is 428. The van der Waals surface area contributed by atoms with E-state index in [2.05, 4.69) is 5.32 Å². The number of fused-ring (bicyclic) bond motifs is 1. The third-order valence-corrected chi connectivity index (χ3v) is 3.46. The summed E-state index contributed by atoms with van der Waals surface area (Å²) < 4.78 is 29.2. The number of hydrogen-bond donors (Lipinski definition) is 1. The minimum Gasteiger partial charge on any atom is -0.488 e. The van der Waals surface area contributed by atoms with Crippen molar-refractivity contribution in [2.75, 3.05) is 40.0 Å². The topological polar surface area (TPSA) is 39.7 Å². The molecule has 0 aromatic heterocycles. The van der Waals surface area contributed by atoms with Crippen LogP contribution in [0.25, 0.3) is 0 Å². The van der Waals surface area contributed by atoms with Gasteiger partial charge in [-0.25, -0.2) is 4.39 Å². The summed E-state index contributed by atoms with van der Waals surface area (Å²) in [5.41, 5.74) is 0.966. The van der Waals surface area contributed by atoms with Gasteiger partial charge in [0.1, 0.15) is 17.7 Å². The van der Waals surface area contributed by atoms with Crippen LogP contribution in [0.1, 0.15) is 18.4 Å². The summed E-state index contributed by atoms with van der Waals surface area (Å²) in [6, 6.07) is 4.72. The summed E-state index contributed by atoms with van der Waals surface area (Å²) in [7, 11) is 1.67. The number of benzene rings is 1. The van der Waals surface area contributed by atoms with Gasteiger partial charge in [-0.1, -0.05) is 0 Å². The lowest BCUT2D eigenvalue weighted by atomic mass is 10.1. The smallest absolute Gasteiger partial charge is 0.123 e. The lowest BCUT2D eigenvalue weighted by molar-refractivity contribution is 0.0687. The number of halogens is 1. The number of hydrogen-bond acceptors (Lipinski definition) is 4. The molecule has 1 unspecified atom stereocenters. The minimum atomic E-state index is -0.195. The number of rotatable bonds is 10. The van der Waals surface area contributed by atoms with Gasteiger partial charge in [-0.2, -0.15) is 0 Å². The highest BCUT2D eigenvalue weighted by Gasteiger charge is 2.22. The summed E-state index contributed by atoms with van der Waals surface area (Å²) >= 11 is 0. The first kappa shape index (κ1) is 16.2. The molecule has 1 aromatic carbocycles. The van der Waals surface area contributed by atoms with Gasteiger partial charge in [0.15, 0.2) is 0 Å². The Hall–Kier alpha value is -1.17. The van der Waals surface area contributed by atoms with Crippen molar-refractivity contribution in [2.45, 2.75) is 25.4 Å². The van der Waals surface area contributed by atoms with E-state index in [9.17, 15) is 4.39 Å². The molecule has 1 aromatic rings. The third kappa shape index (κ3) is 5.61. The fraction of sp³-hybridized carbons (Fsp3) is 0.625. The van der Waals surface area contributed by atoms with Crippen molar-refractivity contribution in [1.82, 2.24) is 5.32 Å². The molecule has 0 amide bonds. The predicted octanol–water partition coefficient (Wildman–Crippen LogP) is 2.16. The van der Waals surface area contributed by atoms with E-state index in [0.29, 0.717) is 13.2 Å². The van der Waals surface area contributed by atoms with Crippen molar-refractivity contribution in [1.29, 1.82) is 0 Å². The molecular formula is C16H24FNO3. The molecule has 1 atom stereocenters. The van der Waals surface area contributed by atoms with Crippen molar-refractivity contribution in [2.24, 2.45) is 0 Å². The summed E-state index contributed by atoms with van der Waals surface area (Å²) in [5.74, 6) is 0.620. The van der Waals surface area contributed by atoms with E-state index in [4.69, 9.17) is 14.2 Å². The molecule has 118 valence electrons. The molecule has 0 saturated carbocycles. The zero-order chi connectivity index (χ0) is 14.9. The molecule has 0 spiro atoms. The summed E-state index contributed by atoms with van der Waals surface area (Å²) in [6.45, 7) is 3.82. The Morgan fingerprint density at radius 2 is 2.19 bits per heavy atom.